The number of rotatable bonds is 3. The Morgan fingerprint density at radius 2 is 2.04 bits per heavy atom. The summed E-state index contributed by atoms with van der Waals surface area (Å²) in [4.78, 5) is 12.2. The minimum absolute atomic E-state index is 0.368. The lowest BCUT2D eigenvalue weighted by molar-refractivity contribution is 0.201. The van der Waals surface area contributed by atoms with Crippen molar-refractivity contribution < 1.29 is 4.74 Å². The summed E-state index contributed by atoms with van der Waals surface area (Å²) in [5.74, 6) is 0. The number of fused-ring (bicyclic) bond motifs is 1. The van der Waals surface area contributed by atoms with Crippen LogP contribution in [0, 0.1) is 0 Å². The van der Waals surface area contributed by atoms with Crippen molar-refractivity contribution in [1.82, 2.24) is 30.6 Å². The average molecular weight is 359 g/mol. The maximum Gasteiger partial charge on any atom is 0.306 e. The molecule has 0 spiro atoms. The predicted octanol–water partition coefficient (Wildman–Crippen LogP) is 2.77. The van der Waals surface area contributed by atoms with Gasteiger partial charge in [-0.25, -0.2) is 4.98 Å². The minimum atomic E-state index is -0.368. The number of H-pyrrole nitrogens is 1. The highest BCUT2D eigenvalue weighted by Gasteiger charge is 2.25. The van der Waals surface area contributed by atoms with Crippen molar-refractivity contribution in [1.29, 1.82) is 0 Å². The molecular formula is C19H17N7O. The Morgan fingerprint density at radius 1 is 1.15 bits per heavy atom. The van der Waals surface area contributed by atoms with Crippen LogP contribution >= 0.6 is 0 Å². The van der Waals surface area contributed by atoms with Crippen LogP contribution in [0.15, 0.2) is 66.2 Å². The van der Waals surface area contributed by atoms with Crippen molar-refractivity contribution in [2.45, 2.75) is 6.23 Å². The van der Waals surface area contributed by atoms with E-state index >= 15 is 0 Å². The van der Waals surface area contributed by atoms with E-state index in [9.17, 15) is 0 Å². The van der Waals surface area contributed by atoms with Gasteiger partial charge in [-0.05, 0) is 18.2 Å². The summed E-state index contributed by atoms with van der Waals surface area (Å²) < 4.78 is 7.70. The Bertz CT molecular complexity index is 1130. The zero-order valence-corrected chi connectivity index (χ0v) is 14.5. The molecule has 4 heterocycles. The molecule has 1 fully saturated rings. The molecule has 1 aromatic carbocycles. The number of benzene rings is 1. The number of amidine groups is 1. The quantitative estimate of drug-likeness (QED) is 0.523. The first-order chi connectivity index (χ1) is 13.3. The number of hydrazine groups is 1. The van der Waals surface area contributed by atoms with Crippen molar-refractivity contribution in [2.75, 3.05) is 0 Å². The van der Waals surface area contributed by atoms with E-state index in [1.807, 2.05) is 62.2 Å². The van der Waals surface area contributed by atoms with Crippen LogP contribution in [0.2, 0.25) is 0 Å². The van der Waals surface area contributed by atoms with Crippen molar-refractivity contribution >= 4 is 22.7 Å². The number of hydrogen-bond donors (Lipinski definition) is 3. The van der Waals surface area contributed by atoms with Crippen LogP contribution in [0.1, 0.15) is 11.8 Å². The Morgan fingerprint density at radius 3 is 2.85 bits per heavy atom. The minimum Gasteiger partial charge on any atom is -0.439 e. The summed E-state index contributed by atoms with van der Waals surface area (Å²) in [6, 6.07) is 12.2. The van der Waals surface area contributed by atoms with E-state index in [0.717, 1.165) is 33.4 Å². The van der Waals surface area contributed by atoms with E-state index in [0.29, 0.717) is 6.02 Å². The van der Waals surface area contributed by atoms with Crippen molar-refractivity contribution in [3.63, 3.8) is 0 Å². The van der Waals surface area contributed by atoms with E-state index in [4.69, 9.17) is 4.74 Å². The molecule has 0 radical (unpaired) electrons. The standard InChI is InChI=1S/C19H17N7O/c1-26-11-13(9-22-26)12-7-15-16(10-21-17(15)20-8-12)18-24-25-19(27-18)23-14-5-3-2-4-6-14/h2-11,18,24H,1H3,(H,20,21)(H,23,25). The normalized spacial score (nSPS) is 18.0. The number of nitrogens with zero attached hydrogens (tertiary/aromatic N) is 4. The third-order valence-electron chi connectivity index (χ3n) is 4.41. The summed E-state index contributed by atoms with van der Waals surface area (Å²) in [7, 11) is 1.90. The number of aryl methyl sites for hydroxylation is 1. The van der Waals surface area contributed by atoms with Gasteiger partial charge < -0.3 is 9.72 Å². The van der Waals surface area contributed by atoms with Crippen molar-refractivity contribution in [3.8, 4) is 11.1 Å². The molecule has 0 aliphatic carbocycles. The average Bonchev–Trinajstić information content (AvgIpc) is 3.41. The number of aliphatic imine (C=N–C) groups is 1. The zero-order chi connectivity index (χ0) is 18.2. The van der Waals surface area contributed by atoms with Crippen molar-refractivity contribution in [3.05, 3.63) is 66.7 Å². The fourth-order valence-electron chi connectivity index (χ4n) is 3.08. The number of aromatic amines is 1. The van der Waals surface area contributed by atoms with Crippen LogP contribution in [0.25, 0.3) is 22.2 Å². The van der Waals surface area contributed by atoms with Crippen LogP contribution in [0.3, 0.4) is 0 Å². The lowest BCUT2D eigenvalue weighted by Gasteiger charge is -2.07. The second-order valence-corrected chi connectivity index (χ2v) is 6.29. The van der Waals surface area contributed by atoms with Crippen LogP contribution in [0.5, 0.6) is 0 Å². The van der Waals surface area contributed by atoms with Gasteiger partial charge in [0.1, 0.15) is 5.65 Å². The molecule has 1 unspecified atom stereocenters. The molecule has 0 saturated carbocycles. The molecule has 3 aromatic heterocycles. The fraction of sp³-hybridized carbons (Fsp3) is 0.105. The van der Waals surface area contributed by atoms with Gasteiger partial charge in [-0.2, -0.15) is 15.5 Å². The van der Waals surface area contributed by atoms with Crippen LogP contribution < -0.4 is 10.9 Å². The molecule has 134 valence electrons. The van der Waals surface area contributed by atoms with Gasteiger partial charge in [0, 0.05) is 47.7 Å². The van der Waals surface area contributed by atoms with E-state index in [1.165, 1.54) is 0 Å². The zero-order valence-electron chi connectivity index (χ0n) is 14.5. The lowest BCUT2D eigenvalue weighted by atomic mass is 10.1. The first-order valence-corrected chi connectivity index (χ1v) is 8.54. The molecule has 8 nitrogen and oxygen atoms in total. The number of hydrogen-bond acceptors (Lipinski definition) is 5. The first kappa shape index (κ1) is 15.6. The van der Waals surface area contributed by atoms with Gasteiger partial charge in [0.05, 0.1) is 11.9 Å². The Kier molecular flexibility index (Phi) is 3.61. The molecule has 1 aliphatic heterocycles. The van der Waals surface area contributed by atoms with E-state index in [1.54, 1.807) is 4.68 Å². The number of para-hydroxylation sites is 1. The van der Waals surface area contributed by atoms with E-state index < -0.39 is 0 Å². The van der Waals surface area contributed by atoms with Gasteiger partial charge in [-0.15, -0.1) is 0 Å². The smallest absolute Gasteiger partial charge is 0.306 e. The predicted molar refractivity (Wildman–Crippen MR) is 102 cm³/mol. The second kappa shape index (κ2) is 6.26. The molecule has 0 bridgehead atoms. The summed E-state index contributed by atoms with van der Waals surface area (Å²) >= 11 is 0. The lowest BCUT2D eigenvalue weighted by Crippen LogP contribution is -2.27. The SMILES string of the molecule is Cn1cc(-c2cnc3[nH]cc(C4NNC(=Nc5ccccc5)O4)c3c2)cn1. The topological polar surface area (TPSA) is 92.2 Å². The molecule has 1 atom stereocenters. The monoisotopic (exact) mass is 359 g/mol. The molecule has 8 heteroatoms. The molecule has 1 saturated heterocycles. The van der Waals surface area contributed by atoms with Gasteiger partial charge in [0.2, 0.25) is 0 Å². The number of pyridine rings is 1. The van der Waals surface area contributed by atoms with Gasteiger partial charge >= 0.3 is 6.02 Å². The number of nitrogens with one attached hydrogen (secondary N) is 3. The maximum absolute atomic E-state index is 5.93. The largest absolute Gasteiger partial charge is 0.439 e. The molecule has 3 N–H and O–H groups in total. The van der Waals surface area contributed by atoms with Gasteiger partial charge in [0.15, 0.2) is 6.23 Å². The first-order valence-electron chi connectivity index (χ1n) is 8.54. The fourth-order valence-corrected chi connectivity index (χ4v) is 3.08. The highest BCUT2D eigenvalue weighted by Crippen LogP contribution is 2.29. The molecule has 4 aromatic rings. The molecule has 0 amide bonds. The molecule has 27 heavy (non-hydrogen) atoms. The summed E-state index contributed by atoms with van der Waals surface area (Å²) in [5, 5.41) is 5.21. The summed E-state index contributed by atoms with van der Waals surface area (Å²) in [6.45, 7) is 0. The van der Waals surface area contributed by atoms with Gasteiger partial charge in [0.25, 0.3) is 0 Å². The Labute approximate surface area is 154 Å². The van der Waals surface area contributed by atoms with Crippen molar-refractivity contribution in [2.24, 2.45) is 12.0 Å². The van der Waals surface area contributed by atoms with Gasteiger partial charge in [-0.1, -0.05) is 18.2 Å². The van der Waals surface area contributed by atoms with Gasteiger partial charge in [-0.3, -0.25) is 10.1 Å². The molecule has 1 aliphatic rings. The van der Waals surface area contributed by atoms with Crippen LogP contribution in [0.4, 0.5) is 5.69 Å². The Hall–Kier alpha value is -3.65. The highest BCUT2D eigenvalue weighted by molar-refractivity contribution is 5.86. The van der Waals surface area contributed by atoms with E-state index in [2.05, 4.69) is 37.0 Å². The van der Waals surface area contributed by atoms with Crippen LogP contribution in [-0.2, 0) is 11.8 Å². The Balaban J connectivity index is 1.46. The van der Waals surface area contributed by atoms with E-state index in [-0.39, 0.29) is 6.23 Å². The second-order valence-electron chi connectivity index (χ2n) is 6.29. The number of ether oxygens (including phenoxy) is 1. The van der Waals surface area contributed by atoms with Crippen LogP contribution in [-0.4, -0.2) is 25.8 Å². The maximum atomic E-state index is 5.93. The number of aromatic nitrogens is 4. The molecule has 5 rings (SSSR count). The third kappa shape index (κ3) is 2.91. The molecular weight excluding hydrogens is 342 g/mol. The highest BCUT2D eigenvalue weighted by atomic mass is 16.5. The third-order valence-corrected chi connectivity index (χ3v) is 4.41. The summed E-state index contributed by atoms with van der Waals surface area (Å²) in [5.41, 5.74) is 10.7. The summed E-state index contributed by atoms with van der Waals surface area (Å²) in [6.07, 6.45) is 7.16.